The molecule has 14 nitrogen and oxygen atoms in total. The van der Waals surface area contributed by atoms with Crippen LogP contribution in [0.15, 0.2) is 161 Å². The molecular formula is C44H46N10O4. The van der Waals surface area contributed by atoms with Gasteiger partial charge in [-0.15, -0.1) is 0 Å². The van der Waals surface area contributed by atoms with Gasteiger partial charge >= 0.3 is 0 Å². The van der Waals surface area contributed by atoms with Gasteiger partial charge in [0.25, 0.3) is 23.6 Å². The van der Waals surface area contributed by atoms with Gasteiger partial charge in [0.05, 0.1) is 0 Å². The van der Waals surface area contributed by atoms with Crippen LogP contribution in [0, 0.1) is 5.41 Å². The molecule has 0 aliphatic carbocycles. The topological polar surface area (TPSA) is 253 Å². The second-order valence-electron chi connectivity index (χ2n) is 12.4. The third-order valence-electron chi connectivity index (χ3n) is 7.72. The fraction of sp³-hybridized carbons (Fsp3) is 0.0682. The third kappa shape index (κ3) is 14.6. The van der Waals surface area contributed by atoms with Crippen molar-refractivity contribution in [2.75, 3.05) is 19.0 Å². The third-order valence-corrected chi connectivity index (χ3v) is 7.72. The number of benzene rings is 5. The Kier molecular flexibility index (Phi) is 17.0. The highest BCUT2D eigenvalue weighted by Gasteiger charge is 2.26. The minimum absolute atomic E-state index is 0.229. The van der Waals surface area contributed by atoms with E-state index >= 15 is 0 Å². The highest BCUT2D eigenvalue weighted by Crippen LogP contribution is 2.20. The zero-order chi connectivity index (χ0) is 42.6. The van der Waals surface area contributed by atoms with Crippen LogP contribution in [0.2, 0.25) is 0 Å². The molecule has 0 aromatic heterocycles. The highest BCUT2D eigenvalue weighted by molar-refractivity contribution is 6.21. The quantitative estimate of drug-likeness (QED) is 0.0699. The number of imide groups is 1. The number of amides is 4. The van der Waals surface area contributed by atoms with E-state index in [1.807, 2.05) is 116 Å². The maximum atomic E-state index is 12.7. The van der Waals surface area contributed by atoms with Gasteiger partial charge in [-0.05, 0) is 77.7 Å². The van der Waals surface area contributed by atoms with Crippen molar-refractivity contribution in [1.82, 2.24) is 4.90 Å². The van der Waals surface area contributed by atoms with Gasteiger partial charge < -0.3 is 33.6 Å². The molecule has 0 unspecified atom stereocenters. The van der Waals surface area contributed by atoms with Crippen LogP contribution < -0.4 is 33.6 Å². The summed E-state index contributed by atoms with van der Waals surface area (Å²) in [4.78, 5) is 57.3. The van der Waals surface area contributed by atoms with E-state index in [0.29, 0.717) is 21.6 Å². The number of carbonyl (C=O) groups excluding carboxylic acids is 4. The molecule has 0 aliphatic rings. The van der Waals surface area contributed by atoms with Crippen LogP contribution in [0.3, 0.4) is 0 Å². The van der Waals surface area contributed by atoms with E-state index in [2.05, 4.69) is 9.98 Å². The van der Waals surface area contributed by atoms with E-state index in [1.165, 1.54) is 6.08 Å². The number of aliphatic imine (C=N–C) groups is 2. The van der Waals surface area contributed by atoms with Crippen molar-refractivity contribution in [2.24, 2.45) is 38.7 Å². The van der Waals surface area contributed by atoms with Crippen molar-refractivity contribution in [3.8, 4) is 11.1 Å². The summed E-state index contributed by atoms with van der Waals surface area (Å²) in [6.07, 6.45) is 4.62. The molecule has 0 spiro atoms. The van der Waals surface area contributed by atoms with Gasteiger partial charge in [0.15, 0.2) is 11.9 Å². The van der Waals surface area contributed by atoms with Crippen LogP contribution >= 0.6 is 0 Å². The smallest absolute Gasteiger partial charge is 0.280 e. The average Bonchev–Trinajstić information content (AvgIpc) is 3.21. The van der Waals surface area contributed by atoms with E-state index in [1.54, 1.807) is 61.5 Å². The zero-order valence-electron chi connectivity index (χ0n) is 32.3. The Morgan fingerprint density at radius 3 is 1.59 bits per heavy atom. The molecule has 0 fully saturated rings. The molecule has 5 rings (SSSR count). The molecule has 58 heavy (non-hydrogen) atoms. The Morgan fingerprint density at radius 2 is 1.09 bits per heavy atom. The lowest BCUT2D eigenvalue weighted by Gasteiger charge is -2.19. The predicted octanol–water partition coefficient (Wildman–Crippen LogP) is 4.99. The second-order valence-corrected chi connectivity index (χ2v) is 12.4. The van der Waals surface area contributed by atoms with Crippen molar-refractivity contribution >= 4 is 59.3 Å². The summed E-state index contributed by atoms with van der Waals surface area (Å²) in [5, 5.41) is 7.64. The Labute approximate surface area is 337 Å². The molecule has 0 bridgehead atoms. The monoisotopic (exact) mass is 778 g/mol. The van der Waals surface area contributed by atoms with Crippen LogP contribution in [0.5, 0.6) is 0 Å². The summed E-state index contributed by atoms with van der Waals surface area (Å²) in [5.41, 5.74) is 31.9. The lowest BCUT2D eigenvalue weighted by atomic mass is 10.0. The van der Waals surface area contributed by atoms with E-state index in [4.69, 9.17) is 34.1 Å². The van der Waals surface area contributed by atoms with Crippen LogP contribution in [0.4, 0.5) is 5.69 Å². The predicted molar refractivity (Wildman–Crippen MR) is 232 cm³/mol. The molecule has 5 aromatic carbocycles. The van der Waals surface area contributed by atoms with Crippen LogP contribution in [-0.2, 0) is 9.59 Å². The molecule has 0 radical (unpaired) electrons. The minimum Gasteiger partial charge on any atom is -0.378 e. The average molecular weight is 779 g/mol. The van der Waals surface area contributed by atoms with Gasteiger partial charge in [-0.25, -0.2) is 4.90 Å². The lowest BCUT2D eigenvalue weighted by molar-refractivity contribution is -0.121. The highest BCUT2D eigenvalue weighted by atomic mass is 16.2. The Balaban J connectivity index is 0.000000246. The maximum absolute atomic E-state index is 12.7. The van der Waals surface area contributed by atoms with Crippen molar-refractivity contribution in [2.45, 2.75) is 6.92 Å². The molecule has 4 amide bonds. The summed E-state index contributed by atoms with van der Waals surface area (Å²) < 4.78 is 0. The summed E-state index contributed by atoms with van der Waals surface area (Å²) in [6.45, 7) is 1.59. The van der Waals surface area contributed by atoms with Gasteiger partial charge in [0, 0.05) is 42.6 Å². The first-order valence-corrected chi connectivity index (χ1v) is 17.6. The Bertz CT molecular complexity index is 2280. The number of rotatable bonds is 8. The van der Waals surface area contributed by atoms with Crippen molar-refractivity contribution in [3.05, 3.63) is 173 Å². The van der Waals surface area contributed by atoms with E-state index in [0.717, 1.165) is 27.9 Å². The van der Waals surface area contributed by atoms with Crippen LogP contribution in [0.25, 0.3) is 23.3 Å². The first-order chi connectivity index (χ1) is 27.7. The van der Waals surface area contributed by atoms with Crippen LogP contribution in [-0.4, -0.2) is 60.5 Å². The molecule has 14 heteroatoms. The van der Waals surface area contributed by atoms with Crippen LogP contribution in [0.1, 0.15) is 38.8 Å². The van der Waals surface area contributed by atoms with Crippen molar-refractivity contribution in [1.29, 1.82) is 5.41 Å². The number of carbonyl (C=O) groups is 4. The first kappa shape index (κ1) is 44.3. The molecule has 0 aliphatic heterocycles. The lowest BCUT2D eigenvalue weighted by Crippen LogP contribution is -2.45. The number of hydrogen-bond acceptors (Lipinski definition) is 6. The molecule has 296 valence electrons. The second kappa shape index (κ2) is 22.3. The number of hydrogen-bond donors (Lipinski definition) is 6. The summed E-state index contributed by atoms with van der Waals surface area (Å²) in [5.74, 6) is -3.22. The largest absolute Gasteiger partial charge is 0.378 e. The fourth-order valence-corrected chi connectivity index (χ4v) is 4.89. The molecule has 5 aromatic rings. The molecule has 0 saturated carbocycles. The number of nitrogens with two attached hydrogens (primary N) is 5. The molecule has 0 heterocycles. The van der Waals surface area contributed by atoms with Crippen molar-refractivity contribution < 1.29 is 19.2 Å². The zero-order valence-corrected chi connectivity index (χ0v) is 32.3. The molecular weight excluding hydrogens is 733 g/mol. The standard InChI is InChI=1S/C20H22N4O2.C14H13N3O.C10H11N3O/c1-14(13-15-9-11-17(12-10-15)23(2)3)18(25)24(20(21)22)19(26)16-7-5-4-6-8-16;15-14(16)17-13(18)12-8-6-11(7-9-12)10-4-2-1-3-5-10;11-10(12)13-9(14)7-6-8-4-2-1-3-5-8/h4-13H,1-3H3,(H3,21,22);1-9H,(H4,15,16,17,18);1-7H,(H4,11,12,13,14)/b14-13+;;. The first-order valence-electron chi connectivity index (χ1n) is 17.6. The van der Waals surface area contributed by atoms with E-state index in [-0.39, 0.29) is 11.9 Å². The summed E-state index contributed by atoms with van der Waals surface area (Å²) >= 11 is 0. The van der Waals surface area contributed by atoms with Gasteiger partial charge in [-0.3, -0.25) is 24.6 Å². The van der Waals surface area contributed by atoms with Crippen molar-refractivity contribution in [3.63, 3.8) is 0 Å². The molecule has 0 atom stereocenters. The molecule has 0 saturated heterocycles. The summed E-state index contributed by atoms with van der Waals surface area (Å²) in [7, 11) is 3.89. The van der Waals surface area contributed by atoms with E-state index in [9.17, 15) is 19.2 Å². The van der Waals surface area contributed by atoms with Gasteiger partial charge in [0.2, 0.25) is 5.96 Å². The number of nitrogens with one attached hydrogen (secondary N) is 1. The summed E-state index contributed by atoms with van der Waals surface area (Å²) in [6, 6.07) is 42.4. The minimum atomic E-state index is -0.626. The van der Waals surface area contributed by atoms with Gasteiger partial charge in [-0.2, -0.15) is 9.98 Å². The Morgan fingerprint density at radius 1 is 0.586 bits per heavy atom. The van der Waals surface area contributed by atoms with E-state index < -0.39 is 29.6 Å². The number of anilines is 1. The SMILES string of the molecule is C/C(=C\c1ccc(N(C)C)cc1)C(=O)N(C(=N)N)C(=O)c1ccccc1.NC(N)=NC(=O)C=Cc1ccccc1.NC(N)=NC(=O)c1ccc(-c2ccccc2)cc1. The fourth-order valence-electron chi connectivity index (χ4n) is 4.89. The molecule has 11 N–H and O–H groups in total. The van der Waals surface area contributed by atoms with Gasteiger partial charge in [0.1, 0.15) is 0 Å². The maximum Gasteiger partial charge on any atom is 0.280 e. The van der Waals surface area contributed by atoms with Gasteiger partial charge in [-0.1, -0.05) is 103 Å². The Hall–Kier alpha value is -8.13. The normalized spacial score (nSPS) is 10.4. The number of nitrogens with zero attached hydrogens (tertiary/aromatic N) is 4. The number of guanidine groups is 3.